The summed E-state index contributed by atoms with van der Waals surface area (Å²) in [5.74, 6) is 0.00242. The highest BCUT2D eigenvalue weighted by Crippen LogP contribution is 2.34. The minimum Gasteiger partial charge on any atom is -0.348 e. The van der Waals surface area contributed by atoms with Gasteiger partial charge in [0.25, 0.3) is 5.91 Å². The van der Waals surface area contributed by atoms with Gasteiger partial charge in [-0.15, -0.1) is 0 Å². The van der Waals surface area contributed by atoms with E-state index in [-0.39, 0.29) is 5.91 Å². The number of amides is 1. The van der Waals surface area contributed by atoms with Gasteiger partial charge in [-0.25, -0.2) is 0 Å². The molecule has 0 aromatic heterocycles. The Morgan fingerprint density at radius 1 is 1.17 bits per heavy atom. The average molecular weight is 342 g/mol. The van der Waals surface area contributed by atoms with Crippen molar-refractivity contribution in [2.75, 3.05) is 18.0 Å². The van der Waals surface area contributed by atoms with Crippen molar-refractivity contribution in [2.45, 2.75) is 13.8 Å². The number of rotatable bonds is 3. The number of hydrogen-bond donors (Lipinski definition) is 0. The zero-order chi connectivity index (χ0) is 16.4. The molecule has 0 unspecified atom stereocenters. The lowest BCUT2D eigenvalue weighted by molar-refractivity contribution is -0.122. The molecule has 3 nitrogen and oxygen atoms in total. The maximum Gasteiger partial charge on any atom is 0.266 e. The van der Waals surface area contributed by atoms with Gasteiger partial charge in [0.2, 0.25) is 0 Å². The molecule has 0 saturated carbocycles. The Labute approximate surface area is 146 Å². The van der Waals surface area contributed by atoms with Crippen LogP contribution in [-0.4, -0.2) is 28.2 Å². The Bertz CT molecular complexity index is 749. The molecule has 0 bridgehead atoms. The van der Waals surface area contributed by atoms with Gasteiger partial charge in [0.1, 0.15) is 4.32 Å². The van der Waals surface area contributed by atoms with Crippen molar-refractivity contribution >= 4 is 45.5 Å². The smallest absolute Gasteiger partial charge is 0.266 e. The number of nitrogens with zero attached hydrogens (tertiary/aromatic N) is 2. The molecule has 2 aliphatic heterocycles. The number of thioether (sulfide) groups is 1. The molecule has 0 radical (unpaired) electrons. The van der Waals surface area contributed by atoms with Gasteiger partial charge in [0.05, 0.1) is 4.91 Å². The Balaban J connectivity index is 1.94. The minimum atomic E-state index is 0.00242. The Morgan fingerprint density at radius 2 is 1.96 bits per heavy atom. The number of allylic oxidation sites excluding steroid dienone is 4. The van der Waals surface area contributed by atoms with E-state index in [1.165, 1.54) is 23.0 Å². The lowest BCUT2D eigenvalue weighted by Crippen LogP contribution is -2.27. The average Bonchev–Trinajstić information content (AvgIpc) is 2.85. The number of hydrogen-bond acceptors (Lipinski definition) is 4. The van der Waals surface area contributed by atoms with Crippen LogP contribution in [0, 0.1) is 0 Å². The second-order valence-corrected chi connectivity index (χ2v) is 6.86. The van der Waals surface area contributed by atoms with Gasteiger partial charge < -0.3 is 4.90 Å². The van der Waals surface area contributed by atoms with Crippen LogP contribution in [0.5, 0.6) is 0 Å². The summed E-state index contributed by atoms with van der Waals surface area (Å²) >= 11 is 6.62. The van der Waals surface area contributed by atoms with Gasteiger partial charge in [-0.05, 0) is 37.6 Å². The quantitative estimate of drug-likeness (QED) is 0.607. The van der Waals surface area contributed by atoms with Crippen LogP contribution in [0.2, 0.25) is 0 Å². The maximum atomic E-state index is 12.3. The first-order valence-electron chi connectivity index (χ1n) is 7.65. The summed E-state index contributed by atoms with van der Waals surface area (Å²) in [6, 6.07) is 8.31. The zero-order valence-electron chi connectivity index (χ0n) is 13.2. The second kappa shape index (κ2) is 6.72. The molecule has 3 rings (SSSR count). The summed E-state index contributed by atoms with van der Waals surface area (Å²) in [5.41, 5.74) is 3.48. The van der Waals surface area contributed by atoms with Gasteiger partial charge >= 0.3 is 0 Å². The van der Waals surface area contributed by atoms with Gasteiger partial charge in [0, 0.05) is 30.5 Å². The van der Waals surface area contributed by atoms with E-state index in [0.717, 1.165) is 12.1 Å². The third kappa shape index (κ3) is 2.99. The number of carbonyl (C=O) groups is 1. The van der Waals surface area contributed by atoms with Gasteiger partial charge in [-0.1, -0.05) is 48.3 Å². The van der Waals surface area contributed by atoms with Crippen molar-refractivity contribution in [1.29, 1.82) is 0 Å². The fourth-order valence-corrected chi connectivity index (χ4v) is 4.01. The fraction of sp³-hybridized carbons (Fsp3) is 0.222. The topological polar surface area (TPSA) is 23.6 Å². The highest BCUT2D eigenvalue weighted by molar-refractivity contribution is 8.26. The molecule has 23 heavy (non-hydrogen) atoms. The lowest BCUT2D eigenvalue weighted by atomic mass is 9.99. The first-order valence-corrected chi connectivity index (χ1v) is 8.88. The van der Waals surface area contributed by atoms with Crippen molar-refractivity contribution < 1.29 is 4.79 Å². The van der Waals surface area contributed by atoms with E-state index < -0.39 is 0 Å². The van der Waals surface area contributed by atoms with Crippen LogP contribution in [0.25, 0.3) is 5.57 Å². The van der Waals surface area contributed by atoms with Crippen LogP contribution >= 0.6 is 24.0 Å². The molecule has 0 N–H and O–H groups in total. The van der Waals surface area contributed by atoms with Crippen molar-refractivity contribution in [3.63, 3.8) is 0 Å². The summed E-state index contributed by atoms with van der Waals surface area (Å²) in [4.78, 5) is 16.8. The second-order valence-electron chi connectivity index (χ2n) is 5.19. The van der Waals surface area contributed by atoms with Crippen LogP contribution in [0.4, 0.5) is 5.69 Å². The molecule has 0 spiro atoms. The molecule has 1 aromatic rings. The van der Waals surface area contributed by atoms with Crippen LogP contribution in [-0.2, 0) is 4.79 Å². The Kier molecular flexibility index (Phi) is 4.68. The van der Waals surface area contributed by atoms with E-state index in [1.54, 1.807) is 4.90 Å². The van der Waals surface area contributed by atoms with Crippen LogP contribution in [0.15, 0.2) is 53.6 Å². The van der Waals surface area contributed by atoms with E-state index in [4.69, 9.17) is 12.2 Å². The predicted molar refractivity (Wildman–Crippen MR) is 102 cm³/mol. The number of carbonyl (C=O) groups excluding carboxylic acids is 1. The molecule has 2 heterocycles. The summed E-state index contributed by atoms with van der Waals surface area (Å²) in [6.45, 7) is 5.61. The SMILES string of the molecule is CCN1C(=O)/C(=C\C=C2/C=CN(CC)c3ccccc32)SC1=S. The molecule has 5 heteroatoms. The number of benzene rings is 1. The normalized spacial score (nSPS) is 20.8. The third-order valence-electron chi connectivity index (χ3n) is 3.90. The molecule has 1 aromatic carbocycles. The summed E-state index contributed by atoms with van der Waals surface area (Å²) in [5, 5.41) is 0. The standard InChI is InChI=1S/C18H18N2OS2/c1-3-19-12-11-13(14-7-5-6-8-15(14)19)9-10-16-17(21)20(4-2)18(22)23-16/h5-12H,3-4H2,1-2H3/b13-9+,16-10+. The number of para-hydroxylation sites is 1. The number of likely N-dealkylation sites (N-methyl/N-ethyl adjacent to an activating group) is 1. The van der Waals surface area contributed by atoms with E-state index >= 15 is 0 Å². The van der Waals surface area contributed by atoms with Crippen molar-refractivity contribution in [1.82, 2.24) is 4.90 Å². The maximum absolute atomic E-state index is 12.3. The molecule has 118 valence electrons. The number of anilines is 1. The van der Waals surface area contributed by atoms with E-state index in [0.29, 0.717) is 15.8 Å². The molecule has 1 amide bonds. The monoisotopic (exact) mass is 342 g/mol. The first kappa shape index (κ1) is 16.0. The van der Waals surface area contributed by atoms with Crippen molar-refractivity contribution in [2.24, 2.45) is 0 Å². The zero-order valence-corrected chi connectivity index (χ0v) is 14.8. The van der Waals surface area contributed by atoms with Gasteiger partial charge in [0.15, 0.2) is 0 Å². The molecule has 0 aliphatic carbocycles. The van der Waals surface area contributed by atoms with E-state index in [9.17, 15) is 4.79 Å². The first-order chi connectivity index (χ1) is 11.2. The van der Waals surface area contributed by atoms with E-state index in [1.807, 2.05) is 31.2 Å². The number of fused-ring (bicyclic) bond motifs is 1. The van der Waals surface area contributed by atoms with Crippen molar-refractivity contribution in [3.05, 3.63) is 59.2 Å². The molecule has 1 fully saturated rings. The van der Waals surface area contributed by atoms with Gasteiger partial charge in [-0.2, -0.15) is 0 Å². The minimum absolute atomic E-state index is 0.00242. The number of thiocarbonyl (C=S) groups is 1. The largest absolute Gasteiger partial charge is 0.348 e. The molecule has 1 saturated heterocycles. The molecular weight excluding hydrogens is 324 g/mol. The molecule has 2 aliphatic rings. The third-order valence-corrected chi connectivity index (χ3v) is 5.30. The predicted octanol–water partition coefficient (Wildman–Crippen LogP) is 4.19. The Hall–Kier alpha value is -1.85. The van der Waals surface area contributed by atoms with Crippen LogP contribution < -0.4 is 4.90 Å². The Morgan fingerprint density at radius 3 is 2.65 bits per heavy atom. The van der Waals surface area contributed by atoms with Crippen LogP contribution in [0.3, 0.4) is 0 Å². The molecular formula is C18H18N2OS2. The lowest BCUT2D eigenvalue weighted by Gasteiger charge is -2.26. The van der Waals surface area contributed by atoms with Gasteiger partial charge in [-0.3, -0.25) is 9.69 Å². The highest BCUT2D eigenvalue weighted by atomic mass is 32.2. The fourth-order valence-electron chi connectivity index (χ4n) is 2.68. The van der Waals surface area contributed by atoms with Crippen LogP contribution in [0.1, 0.15) is 19.4 Å². The highest BCUT2D eigenvalue weighted by Gasteiger charge is 2.30. The van der Waals surface area contributed by atoms with E-state index in [2.05, 4.69) is 36.2 Å². The van der Waals surface area contributed by atoms with Crippen molar-refractivity contribution in [3.8, 4) is 0 Å². The summed E-state index contributed by atoms with van der Waals surface area (Å²) < 4.78 is 0.638. The summed E-state index contributed by atoms with van der Waals surface area (Å²) in [7, 11) is 0. The molecule has 0 atom stereocenters. The summed E-state index contributed by atoms with van der Waals surface area (Å²) in [6.07, 6.45) is 8.06.